The Morgan fingerprint density at radius 1 is 1.27 bits per heavy atom. The molecule has 1 saturated carbocycles. The largest absolute Gasteiger partial charge is 0.438 e. The van der Waals surface area contributed by atoms with E-state index in [1.165, 1.54) is 12.1 Å². The molecule has 2 heterocycles. The Balaban J connectivity index is 1.52. The van der Waals surface area contributed by atoms with Crippen molar-refractivity contribution in [1.82, 2.24) is 10.0 Å². The van der Waals surface area contributed by atoms with Gasteiger partial charge in [-0.05, 0) is 44.2 Å². The van der Waals surface area contributed by atoms with Crippen LogP contribution in [0.25, 0.3) is 0 Å². The zero-order valence-corrected chi connectivity index (χ0v) is 13.0. The summed E-state index contributed by atoms with van der Waals surface area (Å²) in [5.41, 5.74) is 0. The molecule has 2 fully saturated rings. The molecule has 2 aliphatic rings. The van der Waals surface area contributed by atoms with Crippen molar-refractivity contribution in [2.45, 2.75) is 49.3 Å². The van der Waals surface area contributed by atoms with Crippen LogP contribution in [0.1, 0.15) is 42.7 Å². The van der Waals surface area contributed by atoms with Gasteiger partial charge in [0.15, 0.2) is 5.76 Å². The van der Waals surface area contributed by atoms with E-state index in [0.29, 0.717) is 6.54 Å². The van der Waals surface area contributed by atoms with E-state index in [0.717, 1.165) is 38.7 Å². The average molecular weight is 328 g/mol. The molecule has 1 saturated heterocycles. The first-order chi connectivity index (χ1) is 10.5. The summed E-state index contributed by atoms with van der Waals surface area (Å²) in [7, 11) is -3.66. The van der Waals surface area contributed by atoms with Crippen molar-refractivity contribution < 1.29 is 22.4 Å². The van der Waals surface area contributed by atoms with Gasteiger partial charge in [-0.1, -0.05) is 0 Å². The SMILES string of the molecule is O=C(NCC[C@@H]1CCCO1)c1ccc(S(=O)(=O)NC2CC2)o1. The van der Waals surface area contributed by atoms with Gasteiger partial charge in [0.05, 0.1) is 6.10 Å². The third-order valence-corrected chi connectivity index (χ3v) is 5.14. The van der Waals surface area contributed by atoms with E-state index in [1.54, 1.807) is 0 Å². The van der Waals surface area contributed by atoms with Gasteiger partial charge in [-0.3, -0.25) is 4.79 Å². The van der Waals surface area contributed by atoms with E-state index in [1.807, 2.05) is 0 Å². The topological polar surface area (TPSA) is 97.6 Å². The lowest BCUT2D eigenvalue weighted by molar-refractivity contribution is 0.0880. The van der Waals surface area contributed by atoms with Gasteiger partial charge in [0.2, 0.25) is 5.09 Å². The van der Waals surface area contributed by atoms with Crippen LogP contribution in [-0.4, -0.2) is 39.6 Å². The van der Waals surface area contributed by atoms with E-state index in [9.17, 15) is 13.2 Å². The quantitative estimate of drug-likeness (QED) is 0.779. The fraction of sp³-hybridized carbons (Fsp3) is 0.643. The molecule has 0 unspecified atom stereocenters. The Morgan fingerprint density at radius 2 is 2.09 bits per heavy atom. The molecule has 1 aliphatic heterocycles. The summed E-state index contributed by atoms with van der Waals surface area (Å²) in [6.45, 7) is 1.26. The number of carbonyl (C=O) groups excluding carboxylic acids is 1. The first-order valence-corrected chi connectivity index (χ1v) is 9.05. The van der Waals surface area contributed by atoms with Crippen LogP contribution in [-0.2, 0) is 14.8 Å². The van der Waals surface area contributed by atoms with Crippen LogP contribution in [0.5, 0.6) is 0 Å². The van der Waals surface area contributed by atoms with Crippen molar-refractivity contribution in [3.05, 3.63) is 17.9 Å². The Hall–Kier alpha value is -1.38. The van der Waals surface area contributed by atoms with Gasteiger partial charge in [-0.25, -0.2) is 13.1 Å². The summed E-state index contributed by atoms with van der Waals surface area (Å²) in [6, 6.07) is 2.68. The van der Waals surface area contributed by atoms with Gasteiger partial charge < -0.3 is 14.5 Å². The van der Waals surface area contributed by atoms with Crippen molar-refractivity contribution in [3.8, 4) is 0 Å². The van der Waals surface area contributed by atoms with Crippen LogP contribution < -0.4 is 10.0 Å². The van der Waals surface area contributed by atoms with Gasteiger partial charge >= 0.3 is 0 Å². The summed E-state index contributed by atoms with van der Waals surface area (Å²) >= 11 is 0. The van der Waals surface area contributed by atoms with Crippen LogP contribution in [0.4, 0.5) is 0 Å². The Labute approximate surface area is 129 Å². The van der Waals surface area contributed by atoms with Crippen LogP contribution in [0.15, 0.2) is 21.6 Å². The number of hydrogen-bond donors (Lipinski definition) is 2. The molecule has 0 radical (unpaired) electrons. The fourth-order valence-corrected chi connectivity index (χ4v) is 3.61. The van der Waals surface area contributed by atoms with E-state index < -0.39 is 15.9 Å². The highest BCUT2D eigenvalue weighted by Crippen LogP contribution is 2.23. The number of furan rings is 1. The van der Waals surface area contributed by atoms with Gasteiger partial charge in [0, 0.05) is 19.2 Å². The highest BCUT2D eigenvalue weighted by Gasteiger charge is 2.30. The third kappa shape index (κ3) is 3.88. The van der Waals surface area contributed by atoms with E-state index in [2.05, 4.69) is 10.0 Å². The molecule has 1 aromatic rings. The highest BCUT2D eigenvalue weighted by atomic mass is 32.2. The van der Waals surface area contributed by atoms with Crippen molar-refractivity contribution in [1.29, 1.82) is 0 Å². The maximum Gasteiger partial charge on any atom is 0.287 e. The number of sulfonamides is 1. The first-order valence-electron chi connectivity index (χ1n) is 7.56. The maximum absolute atomic E-state index is 12.0. The molecule has 22 heavy (non-hydrogen) atoms. The van der Waals surface area contributed by atoms with E-state index in [4.69, 9.17) is 9.15 Å². The van der Waals surface area contributed by atoms with Crippen molar-refractivity contribution in [2.75, 3.05) is 13.2 Å². The molecule has 0 bridgehead atoms. The summed E-state index contributed by atoms with van der Waals surface area (Å²) < 4.78 is 37.1. The molecule has 3 rings (SSSR count). The van der Waals surface area contributed by atoms with Gasteiger partial charge in [-0.2, -0.15) is 0 Å². The lowest BCUT2D eigenvalue weighted by Gasteiger charge is -2.09. The predicted molar refractivity (Wildman–Crippen MR) is 78.0 cm³/mol. The molecule has 122 valence electrons. The van der Waals surface area contributed by atoms with Crippen LogP contribution in [0.3, 0.4) is 0 Å². The molecule has 1 amide bonds. The molecule has 0 aromatic carbocycles. The molecular formula is C14H20N2O5S. The Morgan fingerprint density at radius 3 is 2.77 bits per heavy atom. The highest BCUT2D eigenvalue weighted by molar-refractivity contribution is 7.89. The second kappa shape index (κ2) is 6.39. The molecule has 0 spiro atoms. The minimum atomic E-state index is -3.66. The zero-order valence-electron chi connectivity index (χ0n) is 12.2. The summed E-state index contributed by atoms with van der Waals surface area (Å²) in [4.78, 5) is 11.9. The molecule has 2 N–H and O–H groups in total. The molecular weight excluding hydrogens is 308 g/mol. The molecule has 1 atom stereocenters. The Kier molecular flexibility index (Phi) is 4.51. The van der Waals surface area contributed by atoms with Crippen molar-refractivity contribution >= 4 is 15.9 Å². The standard InChI is InChI=1S/C14H20N2O5S/c17-14(15-8-7-11-2-1-9-20-11)12-5-6-13(21-12)22(18,19)16-10-3-4-10/h5-6,10-11,16H,1-4,7-9H2,(H,15,17)/t11-/m0/s1. The summed E-state index contributed by atoms with van der Waals surface area (Å²) in [6.07, 6.45) is 4.72. The van der Waals surface area contributed by atoms with Gasteiger partial charge in [-0.15, -0.1) is 0 Å². The molecule has 8 heteroatoms. The normalized spacial score (nSPS) is 21.9. The monoisotopic (exact) mass is 328 g/mol. The number of hydrogen-bond acceptors (Lipinski definition) is 5. The second-order valence-corrected chi connectivity index (χ2v) is 7.34. The summed E-state index contributed by atoms with van der Waals surface area (Å²) in [5.74, 6) is -0.408. The number of amides is 1. The number of carbonyl (C=O) groups is 1. The van der Waals surface area contributed by atoms with E-state index in [-0.39, 0.29) is 23.0 Å². The molecule has 1 aliphatic carbocycles. The van der Waals surface area contributed by atoms with E-state index >= 15 is 0 Å². The number of nitrogens with one attached hydrogen (secondary N) is 2. The first kappa shape index (κ1) is 15.5. The Bertz CT molecular complexity index is 629. The number of ether oxygens (including phenoxy) is 1. The third-order valence-electron chi connectivity index (χ3n) is 3.75. The minimum Gasteiger partial charge on any atom is -0.438 e. The maximum atomic E-state index is 12.0. The minimum absolute atomic E-state index is 0.00112. The van der Waals surface area contributed by atoms with Gasteiger partial charge in [0.25, 0.3) is 15.9 Å². The fourth-order valence-electron chi connectivity index (χ4n) is 2.37. The smallest absolute Gasteiger partial charge is 0.287 e. The van der Waals surface area contributed by atoms with Crippen LogP contribution >= 0.6 is 0 Å². The van der Waals surface area contributed by atoms with Gasteiger partial charge in [0.1, 0.15) is 0 Å². The van der Waals surface area contributed by atoms with Crippen molar-refractivity contribution in [2.24, 2.45) is 0 Å². The van der Waals surface area contributed by atoms with Crippen LogP contribution in [0.2, 0.25) is 0 Å². The zero-order chi connectivity index (χ0) is 15.6. The van der Waals surface area contributed by atoms with Crippen LogP contribution in [0, 0.1) is 0 Å². The predicted octanol–water partition coefficient (Wildman–Crippen LogP) is 1.02. The molecule has 1 aromatic heterocycles. The summed E-state index contributed by atoms with van der Waals surface area (Å²) in [5, 5.41) is 2.50. The van der Waals surface area contributed by atoms with Crippen molar-refractivity contribution in [3.63, 3.8) is 0 Å². The number of rotatable bonds is 7. The average Bonchev–Trinajstić information content (AvgIpc) is 2.98. The lowest BCUT2D eigenvalue weighted by atomic mass is 10.2. The second-order valence-electron chi connectivity index (χ2n) is 5.69. The lowest BCUT2D eigenvalue weighted by Crippen LogP contribution is -2.27. The molecule has 7 nitrogen and oxygen atoms in total.